The molecule has 130 valence electrons. The predicted molar refractivity (Wildman–Crippen MR) is 104 cm³/mol. The maximum atomic E-state index is 5.69. The zero-order valence-electron chi connectivity index (χ0n) is 14.5. The van der Waals surface area contributed by atoms with Gasteiger partial charge in [0.25, 0.3) is 0 Å². The van der Waals surface area contributed by atoms with Gasteiger partial charge in [-0.1, -0.05) is 24.3 Å². The molecule has 3 aromatic rings. The topological polar surface area (TPSA) is 64.3 Å². The normalized spacial score (nSPS) is 11.0. The highest BCUT2D eigenvalue weighted by Gasteiger charge is 2.04. The summed E-state index contributed by atoms with van der Waals surface area (Å²) < 4.78 is 5.67. The van der Waals surface area contributed by atoms with E-state index in [0.717, 1.165) is 35.3 Å². The summed E-state index contributed by atoms with van der Waals surface area (Å²) in [5, 5.41) is 2.55. The first-order valence-electron chi connectivity index (χ1n) is 8.17. The smallest absolute Gasteiger partial charge is 0.213 e. The van der Waals surface area contributed by atoms with E-state index in [4.69, 9.17) is 10.5 Å². The van der Waals surface area contributed by atoms with Crippen molar-refractivity contribution in [1.29, 1.82) is 0 Å². The van der Waals surface area contributed by atoms with Gasteiger partial charge in [0.05, 0.1) is 12.3 Å². The first kappa shape index (κ1) is 17.4. The number of hydrogen-bond donors (Lipinski definition) is 1. The van der Waals surface area contributed by atoms with Gasteiger partial charge in [-0.25, -0.2) is 9.97 Å². The molecule has 25 heavy (non-hydrogen) atoms. The van der Waals surface area contributed by atoms with Gasteiger partial charge in [-0.15, -0.1) is 11.3 Å². The average molecular weight is 354 g/mol. The maximum Gasteiger partial charge on any atom is 0.213 e. The zero-order chi connectivity index (χ0) is 17.6. The Hall–Kier alpha value is -2.44. The average Bonchev–Trinajstić information content (AvgIpc) is 3.06. The quantitative estimate of drug-likeness (QED) is 0.654. The summed E-state index contributed by atoms with van der Waals surface area (Å²) in [5.41, 5.74) is 9.84. The number of pyridine rings is 1. The molecule has 0 spiro atoms. The number of anilines is 1. The van der Waals surface area contributed by atoms with Crippen LogP contribution in [0.5, 0.6) is 5.88 Å². The number of ether oxygens (including phenoxy) is 1. The van der Waals surface area contributed by atoms with Crippen molar-refractivity contribution < 1.29 is 4.74 Å². The summed E-state index contributed by atoms with van der Waals surface area (Å²) in [6.07, 6.45) is 2.83. The van der Waals surface area contributed by atoms with Crippen LogP contribution in [-0.4, -0.2) is 42.1 Å². The van der Waals surface area contributed by atoms with E-state index in [2.05, 4.69) is 53.2 Å². The van der Waals surface area contributed by atoms with Crippen LogP contribution in [-0.2, 0) is 0 Å². The molecule has 0 unspecified atom stereocenters. The van der Waals surface area contributed by atoms with Gasteiger partial charge in [0.2, 0.25) is 5.88 Å². The van der Waals surface area contributed by atoms with Gasteiger partial charge >= 0.3 is 0 Å². The van der Waals surface area contributed by atoms with Gasteiger partial charge in [0.1, 0.15) is 0 Å². The second-order valence-electron chi connectivity index (χ2n) is 6.04. The van der Waals surface area contributed by atoms with Gasteiger partial charge < -0.3 is 15.4 Å². The minimum absolute atomic E-state index is 0.587. The largest absolute Gasteiger partial charge is 0.478 e. The van der Waals surface area contributed by atoms with E-state index in [1.165, 1.54) is 11.3 Å². The fraction of sp³-hybridized carbons (Fsp3) is 0.263. The lowest BCUT2D eigenvalue weighted by Gasteiger charge is -2.10. The maximum absolute atomic E-state index is 5.69. The monoisotopic (exact) mass is 354 g/mol. The van der Waals surface area contributed by atoms with Crippen LogP contribution in [0.4, 0.5) is 5.13 Å². The van der Waals surface area contributed by atoms with E-state index in [-0.39, 0.29) is 0 Å². The number of thiazole rings is 1. The lowest BCUT2D eigenvalue weighted by atomic mass is 10.0. The molecule has 0 amide bonds. The summed E-state index contributed by atoms with van der Waals surface area (Å²) in [5.74, 6) is 0.664. The molecule has 3 rings (SSSR count). The second kappa shape index (κ2) is 8.09. The van der Waals surface area contributed by atoms with Crippen LogP contribution in [0.25, 0.3) is 22.4 Å². The van der Waals surface area contributed by atoms with E-state index >= 15 is 0 Å². The molecule has 0 saturated heterocycles. The molecule has 1 aromatic carbocycles. The Morgan fingerprint density at radius 1 is 1.04 bits per heavy atom. The molecule has 5 nitrogen and oxygen atoms in total. The third-order valence-corrected chi connectivity index (χ3v) is 4.45. The van der Waals surface area contributed by atoms with E-state index in [0.29, 0.717) is 17.6 Å². The van der Waals surface area contributed by atoms with E-state index in [9.17, 15) is 0 Å². The van der Waals surface area contributed by atoms with Crippen molar-refractivity contribution in [3.8, 4) is 28.3 Å². The standard InChI is InChI=1S/C19H22N4OS/c1-23(2)10-3-11-24-18-9-8-16(12-21-18)14-4-6-15(7-5-14)17-13-25-19(20)22-17/h4-9,12-13H,3,10-11H2,1-2H3,(H2,20,22). The Labute approximate surface area is 152 Å². The van der Waals surface area contributed by atoms with Gasteiger partial charge in [-0.3, -0.25) is 0 Å². The van der Waals surface area contributed by atoms with Crippen LogP contribution in [0.2, 0.25) is 0 Å². The lowest BCUT2D eigenvalue weighted by molar-refractivity contribution is 0.273. The number of aromatic nitrogens is 2. The fourth-order valence-corrected chi connectivity index (χ4v) is 3.02. The van der Waals surface area contributed by atoms with Gasteiger partial charge in [-0.05, 0) is 32.1 Å². The van der Waals surface area contributed by atoms with E-state index in [1.807, 2.05) is 23.7 Å². The number of benzene rings is 1. The van der Waals surface area contributed by atoms with Crippen molar-refractivity contribution >= 4 is 16.5 Å². The molecule has 0 fully saturated rings. The van der Waals surface area contributed by atoms with Gasteiger partial charge in [0.15, 0.2) is 5.13 Å². The molecule has 0 aliphatic carbocycles. The Morgan fingerprint density at radius 3 is 2.36 bits per heavy atom. The summed E-state index contributed by atoms with van der Waals surface area (Å²) in [6.45, 7) is 1.69. The number of nitrogen functional groups attached to an aromatic ring is 1. The summed E-state index contributed by atoms with van der Waals surface area (Å²) in [7, 11) is 4.11. The van der Waals surface area contributed by atoms with Crippen molar-refractivity contribution in [3.63, 3.8) is 0 Å². The summed E-state index contributed by atoms with van der Waals surface area (Å²) in [4.78, 5) is 10.8. The summed E-state index contributed by atoms with van der Waals surface area (Å²) >= 11 is 1.45. The molecule has 6 heteroatoms. The molecular formula is C19H22N4OS. The first-order valence-corrected chi connectivity index (χ1v) is 9.05. The third kappa shape index (κ3) is 4.78. The highest BCUT2D eigenvalue weighted by molar-refractivity contribution is 7.13. The molecular weight excluding hydrogens is 332 g/mol. The Bertz CT molecular complexity index is 797. The predicted octanol–water partition coefficient (Wildman–Crippen LogP) is 3.78. The molecule has 0 atom stereocenters. The van der Waals surface area contributed by atoms with Crippen molar-refractivity contribution in [2.24, 2.45) is 0 Å². The fourth-order valence-electron chi connectivity index (χ4n) is 2.45. The van der Waals surface area contributed by atoms with Crippen LogP contribution in [0.1, 0.15) is 6.42 Å². The zero-order valence-corrected chi connectivity index (χ0v) is 15.3. The first-order chi connectivity index (χ1) is 12.1. The Kier molecular flexibility index (Phi) is 5.63. The molecule has 0 aliphatic rings. The van der Waals surface area contributed by atoms with Crippen LogP contribution < -0.4 is 10.5 Å². The number of nitrogens with zero attached hydrogens (tertiary/aromatic N) is 3. The molecule has 0 aliphatic heterocycles. The van der Waals surface area contributed by atoms with Crippen molar-refractivity contribution in [2.45, 2.75) is 6.42 Å². The number of hydrogen-bond acceptors (Lipinski definition) is 6. The second-order valence-corrected chi connectivity index (χ2v) is 6.93. The SMILES string of the molecule is CN(C)CCCOc1ccc(-c2ccc(-c3csc(N)n3)cc2)cn1. The third-order valence-electron chi connectivity index (χ3n) is 3.77. The highest BCUT2D eigenvalue weighted by Crippen LogP contribution is 2.26. The minimum Gasteiger partial charge on any atom is -0.478 e. The van der Waals surface area contributed by atoms with E-state index < -0.39 is 0 Å². The number of rotatable bonds is 7. The molecule has 0 bridgehead atoms. The van der Waals surface area contributed by atoms with Crippen molar-refractivity contribution in [3.05, 3.63) is 48.0 Å². The van der Waals surface area contributed by atoms with Crippen LogP contribution in [0, 0.1) is 0 Å². The van der Waals surface area contributed by atoms with Gasteiger partial charge in [-0.2, -0.15) is 0 Å². The van der Waals surface area contributed by atoms with Crippen molar-refractivity contribution in [2.75, 3.05) is 33.0 Å². The van der Waals surface area contributed by atoms with Gasteiger partial charge in [0, 0.05) is 35.3 Å². The minimum atomic E-state index is 0.587. The Balaban J connectivity index is 1.62. The molecule has 2 aromatic heterocycles. The number of nitrogens with two attached hydrogens (primary N) is 1. The highest BCUT2D eigenvalue weighted by atomic mass is 32.1. The van der Waals surface area contributed by atoms with Crippen molar-refractivity contribution in [1.82, 2.24) is 14.9 Å². The molecule has 0 radical (unpaired) electrons. The lowest BCUT2D eigenvalue weighted by Crippen LogP contribution is -2.15. The summed E-state index contributed by atoms with van der Waals surface area (Å²) in [6, 6.07) is 12.2. The molecule has 0 saturated carbocycles. The molecule has 2 N–H and O–H groups in total. The van der Waals surface area contributed by atoms with Crippen LogP contribution in [0.3, 0.4) is 0 Å². The molecule has 2 heterocycles. The van der Waals surface area contributed by atoms with Crippen LogP contribution in [0.15, 0.2) is 48.0 Å². The Morgan fingerprint density at radius 2 is 1.76 bits per heavy atom. The van der Waals surface area contributed by atoms with Crippen LogP contribution >= 0.6 is 11.3 Å². The van der Waals surface area contributed by atoms with E-state index in [1.54, 1.807) is 0 Å².